The summed E-state index contributed by atoms with van der Waals surface area (Å²) in [4.78, 5) is 27.3. The first-order valence-corrected chi connectivity index (χ1v) is 18.6. The minimum absolute atomic E-state index is 0. The van der Waals surface area contributed by atoms with E-state index in [0.29, 0.717) is 35.2 Å². The number of aliphatic imine (C=N–C) groups is 2. The fraction of sp³-hybridized carbons (Fsp3) is 0.500. The van der Waals surface area contributed by atoms with Gasteiger partial charge in [0.2, 0.25) is 0 Å². The van der Waals surface area contributed by atoms with Crippen molar-refractivity contribution in [3.63, 3.8) is 0 Å². The molecule has 0 fully saturated rings. The van der Waals surface area contributed by atoms with Crippen LogP contribution in [0, 0.1) is 23.7 Å². The zero-order valence-corrected chi connectivity index (χ0v) is 34.5. The van der Waals surface area contributed by atoms with Crippen LogP contribution in [0.3, 0.4) is 0 Å². The molecule has 8 nitrogen and oxygen atoms in total. The molecule has 0 spiro atoms. The van der Waals surface area contributed by atoms with Gasteiger partial charge in [0.15, 0.2) is 0 Å². The monoisotopic (exact) mass is 773 g/mol. The first kappa shape index (κ1) is 49.0. The Hall–Kier alpha value is -3.95. The van der Waals surface area contributed by atoms with Crippen LogP contribution < -0.4 is 10.2 Å². The van der Waals surface area contributed by atoms with Crippen LogP contribution in [-0.4, -0.2) is 34.6 Å². The first-order chi connectivity index (χ1) is 24.4. The molecular formula is C44H62CoN2O6. The second-order valence-corrected chi connectivity index (χ2v) is 15.1. The minimum atomic E-state index is -1.08. The van der Waals surface area contributed by atoms with Gasteiger partial charge in [0, 0.05) is 35.5 Å². The molecule has 293 valence electrons. The fourth-order valence-electron chi connectivity index (χ4n) is 5.18. The summed E-state index contributed by atoms with van der Waals surface area (Å²) in [7, 11) is 0. The van der Waals surface area contributed by atoms with E-state index in [4.69, 9.17) is 29.8 Å². The molecule has 1 radical (unpaired) electrons. The van der Waals surface area contributed by atoms with Crippen LogP contribution in [-0.2, 0) is 52.1 Å². The smallest absolute Gasteiger partial charge is 0.550 e. The van der Waals surface area contributed by atoms with Gasteiger partial charge in [0.25, 0.3) is 0 Å². The number of nitrogens with zero attached hydrogens (tertiary/aromatic N) is 2. The van der Waals surface area contributed by atoms with Gasteiger partial charge < -0.3 is 30.0 Å². The molecule has 0 aliphatic rings. The molecule has 3 rings (SSSR count). The summed E-state index contributed by atoms with van der Waals surface area (Å²) < 4.78 is 0. The van der Waals surface area contributed by atoms with Gasteiger partial charge in [-0.3, -0.25) is 9.98 Å². The third-order valence-corrected chi connectivity index (χ3v) is 8.09. The molecule has 0 aromatic heterocycles. The van der Waals surface area contributed by atoms with Gasteiger partial charge in [-0.2, -0.15) is 0 Å². The molecule has 9 heteroatoms. The summed E-state index contributed by atoms with van der Waals surface area (Å²) in [5.41, 5.74) is 7.56. The number of benzene rings is 3. The number of hydrogen-bond donors (Lipinski definition) is 2. The Morgan fingerprint density at radius 3 is 1.19 bits per heavy atom. The normalized spacial score (nSPS) is 11.1. The number of phenolic OH excluding ortho intramolecular Hbond substituents is 2. The standard InChI is InChI=1S/C40H56N2O2.2C2H4O2.Co/c1-27(2)12-16-31-20-33(18-14-29(5)6)39(43)35(22-31)25-41-37-10-9-11-38(24-37)42-26-36-23-32(17-13-28(3)4)21-34(40(36)44)19-15-30(7)8;2*1-2(3)4;/h9-11,20-30,43-44H,12-19H2,1-8H3;2*1H3,(H,3,4);/q;;;+2/p-2. The van der Waals surface area contributed by atoms with E-state index in [0.717, 1.165) is 98.8 Å². The fourth-order valence-corrected chi connectivity index (χ4v) is 5.18. The largest absolute Gasteiger partial charge is 2.00 e. The maximum atomic E-state index is 11.1. The first-order valence-electron chi connectivity index (χ1n) is 18.6. The van der Waals surface area contributed by atoms with Crippen LogP contribution in [0.1, 0.15) is 128 Å². The zero-order chi connectivity index (χ0) is 39.4. The second kappa shape index (κ2) is 25.9. The molecule has 0 saturated carbocycles. The van der Waals surface area contributed by atoms with E-state index in [-0.39, 0.29) is 16.8 Å². The van der Waals surface area contributed by atoms with Crippen molar-refractivity contribution >= 4 is 35.7 Å². The molecule has 0 unspecified atom stereocenters. The molecule has 0 amide bonds. The van der Waals surface area contributed by atoms with E-state index in [2.05, 4.69) is 79.7 Å². The molecule has 0 heterocycles. The molecule has 0 aliphatic heterocycles. The summed E-state index contributed by atoms with van der Waals surface area (Å²) >= 11 is 0. The van der Waals surface area contributed by atoms with Crippen LogP contribution in [0.15, 0.2) is 58.5 Å². The zero-order valence-electron chi connectivity index (χ0n) is 33.5. The van der Waals surface area contributed by atoms with Crippen LogP contribution >= 0.6 is 0 Å². The molecular weight excluding hydrogens is 711 g/mol. The summed E-state index contributed by atoms with van der Waals surface area (Å²) in [5, 5.41) is 40.0. The van der Waals surface area contributed by atoms with Crippen LogP contribution in [0.2, 0.25) is 0 Å². The third kappa shape index (κ3) is 22.0. The summed E-state index contributed by atoms with van der Waals surface area (Å²) in [6, 6.07) is 16.3. The average Bonchev–Trinajstić information content (AvgIpc) is 3.04. The van der Waals surface area contributed by atoms with Crippen molar-refractivity contribution in [2.45, 2.75) is 121 Å². The number of rotatable bonds is 16. The maximum absolute atomic E-state index is 11.1. The number of aryl methyl sites for hydroxylation is 4. The van der Waals surface area contributed by atoms with Gasteiger partial charge in [-0.15, -0.1) is 0 Å². The average molecular weight is 774 g/mol. The van der Waals surface area contributed by atoms with Crippen molar-refractivity contribution in [2.75, 3.05) is 0 Å². The minimum Gasteiger partial charge on any atom is -0.550 e. The topological polar surface area (TPSA) is 145 Å². The molecule has 53 heavy (non-hydrogen) atoms. The summed E-state index contributed by atoms with van der Waals surface area (Å²) in [6.07, 6.45) is 11.5. The quantitative estimate of drug-likeness (QED) is 0.140. The molecule has 0 aliphatic carbocycles. The van der Waals surface area contributed by atoms with Crippen molar-refractivity contribution in [3.05, 3.63) is 81.9 Å². The van der Waals surface area contributed by atoms with Gasteiger partial charge in [0.1, 0.15) is 11.5 Å². The number of carboxylic acids is 2. The van der Waals surface area contributed by atoms with E-state index in [9.17, 15) is 10.2 Å². The maximum Gasteiger partial charge on any atom is 2.00 e. The van der Waals surface area contributed by atoms with E-state index in [1.54, 1.807) is 12.4 Å². The molecule has 0 bridgehead atoms. The van der Waals surface area contributed by atoms with E-state index in [1.807, 2.05) is 24.3 Å². The van der Waals surface area contributed by atoms with Crippen LogP contribution in [0.5, 0.6) is 11.5 Å². The molecule has 0 saturated heterocycles. The van der Waals surface area contributed by atoms with E-state index >= 15 is 0 Å². The van der Waals surface area contributed by atoms with Crippen molar-refractivity contribution in [1.29, 1.82) is 0 Å². The van der Waals surface area contributed by atoms with Gasteiger partial charge in [-0.05, 0) is 141 Å². The number of aliphatic carboxylic acids is 2. The third-order valence-electron chi connectivity index (χ3n) is 8.09. The Balaban J connectivity index is 0.00000272. The molecule has 3 aromatic rings. The van der Waals surface area contributed by atoms with Crippen molar-refractivity contribution in [2.24, 2.45) is 33.7 Å². The van der Waals surface area contributed by atoms with Crippen molar-refractivity contribution < 1.29 is 46.8 Å². The number of carbonyl (C=O) groups is 2. The Labute approximate surface area is 329 Å². The predicted octanol–water partition coefficient (Wildman–Crippen LogP) is 8.46. The number of carbonyl (C=O) groups excluding carboxylic acids is 2. The van der Waals surface area contributed by atoms with Gasteiger partial charge in [-0.1, -0.05) is 73.6 Å². The Morgan fingerprint density at radius 1 is 0.585 bits per heavy atom. The predicted molar refractivity (Wildman–Crippen MR) is 211 cm³/mol. The number of phenols is 2. The SMILES string of the molecule is CC(=O)[O-].CC(=O)[O-].CC(C)CCc1cc(C=Nc2cccc(N=Cc3cc(CCC(C)C)cc(CCC(C)C)c3O)c2)c(O)c(CCC(C)C)c1.[Co+2]. The summed E-state index contributed by atoms with van der Waals surface area (Å²) in [6.45, 7) is 19.8. The number of carboxylic acid groups (broad SMARTS) is 2. The second-order valence-electron chi connectivity index (χ2n) is 15.1. The summed E-state index contributed by atoms with van der Waals surface area (Å²) in [5.74, 6) is 0.894. The molecule has 3 aromatic carbocycles. The van der Waals surface area contributed by atoms with Crippen molar-refractivity contribution in [1.82, 2.24) is 0 Å². The Morgan fingerprint density at radius 2 is 0.887 bits per heavy atom. The van der Waals surface area contributed by atoms with Gasteiger partial charge in [-0.25, -0.2) is 0 Å². The Kier molecular flexibility index (Phi) is 24.0. The van der Waals surface area contributed by atoms with E-state index in [1.165, 1.54) is 11.1 Å². The van der Waals surface area contributed by atoms with Crippen LogP contribution in [0.25, 0.3) is 0 Å². The van der Waals surface area contributed by atoms with Gasteiger partial charge >= 0.3 is 16.8 Å². The number of aromatic hydroxyl groups is 2. The Bertz CT molecular complexity index is 1490. The molecule has 2 N–H and O–H groups in total. The van der Waals surface area contributed by atoms with E-state index < -0.39 is 11.9 Å². The number of hydrogen-bond acceptors (Lipinski definition) is 8. The van der Waals surface area contributed by atoms with Crippen molar-refractivity contribution in [3.8, 4) is 11.5 Å². The van der Waals surface area contributed by atoms with Gasteiger partial charge in [0.05, 0.1) is 11.4 Å². The molecule has 0 atom stereocenters. The van der Waals surface area contributed by atoms with Crippen LogP contribution in [0.4, 0.5) is 11.4 Å².